The van der Waals surface area contributed by atoms with Crippen molar-refractivity contribution in [2.24, 2.45) is 5.73 Å². The number of aliphatic hydroxyl groups is 1. The molecule has 164 valence electrons. The van der Waals surface area contributed by atoms with Gasteiger partial charge in [-0.25, -0.2) is 4.79 Å². The molecule has 0 heterocycles. The van der Waals surface area contributed by atoms with Crippen LogP contribution in [0.1, 0.15) is 69.6 Å². The minimum atomic E-state index is -0.829. The van der Waals surface area contributed by atoms with E-state index in [1.807, 2.05) is 24.3 Å². The molecule has 0 bridgehead atoms. The Balaban J connectivity index is 2.26. The molecule has 0 aliphatic heterocycles. The summed E-state index contributed by atoms with van der Waals surface area (Å²) in [6.07, 6.45) is 2.21. The molecule has 0 fully saturated rings. The van der Waals surface area contributed by atoms with Crippen molar-refractivity contribution in [2.45, 2.75) is 71.6 Å². The van der Waals surface area contributed by atoms with Crippen molar-refractivity contribution in [1.29, 1.82) is 0 Å². The number of carbonyl (C=O) groups excluding carboxylic acids is 1. The van der Waals surface area contributed by atoms with Crippen LogP contribution >= 0.6 is 0 Å². The van der Waals surface area contributed by atoms with E-state index in [0.717, 1.165) is 42.5 Å². The highest BCUT2D eigenvalue weighted by atomic mass is 16.5. The number of hydrogen-bond donors (Lipinski definition) is 2. The van der Waals surface area contributed by atoms with Gasteiger partial charge >= 0.3 is 6.09 Å². The second kappa shape index (κ2) is 11.7. The van der Waals surface area contributed by atoms with Gasteiger partial charge in [-0.3, -0.25) is 4.90 Å². The molecule has 0 aliphatic rings. The number of nitrogens with two attached hydrogens (primary N) is 1. The number of aliphatic hydroxyl groups excluding tert-OH is 1. The summed E-state index contributed by atoms with van der Waals surface area (Å²) in [6.45, 7) is 9.93. The Morgan fingerprint density at radius 2 is 1.70 bits per heavy atom. The lowest BCUT2D eigenvalue weighted by Crippen LogP contribution is -2.37. The topological polar surface area (TPSA) is 75.8 Å². The van der Waals surface area contributed by atoms with Crippen LogP contribution in [-0.2, 0) is 6.61 Å². The fraction of sp³-hybridized carbons (Fsp3) is 0.480. The normalized spacial score (nSPS) is 12.5. The first kappa shape index (κ1) is 23.9. The largest absolute Gasteiger partial charge is 0.410 e. The molecule has 0 saturated heterocycles. The quantitative estimate of drug-likeness (QED) is 0.506. The van der Waals surface area contributed by atoms with Crippen LogP contribution in [0.2, 0.25) is 0 Å². The summed E-state index contributed by atoms with van der Waals surface area (Å²) in [4.78, 5) is 13.9. The summed E-state index contributed by atoms with van der Waals surface area (Å²) in [7, 11) is 0. The Kier molecular flexibility index (Phi) is 9.34. The third-order valence-electron chi connectivity index (χ3n) is 5.53. The molecule has 5 heteroatoms. The van der Waals surface area contributed by atoms with Gasteiger partial charge < -0.3 is 15.6 Å². The van der Waals surface area contributed by atoms with Gasteiger partial charge in [0.1, 0.15) is 5.75 Å². The zero-order valence-corrected chi connectivity index (χ0v) is 18.7. The molecule has 0 aromatic heterocycles. The van der Waals surface area contributed by atoms with E-state index in [2.05, 4.69) is 44.7 Å². The van der Waals surface area contributed by atoms with Crippen LogP contribution < -0.4 is 10.5 Å². The molecule has 0 radical (unpaired) electrons. The second-order valence-electron chi connectivity index (χ2n) is 8.34. The first-order chi connectivity index (χ1) is 14.3. The monoisotopic (exact) mass is 412 g/mol. The van der Waals surface area contributed by atoms with Crippen LogP contribution in [-0.4, -0.2) is 34.7 Å². The summed E-state index contributed by atoms with van der Waals surface area (Å²) in [5.74, 6) is 0.512. The van der Waals surface area contributed by atoms with Gasteiger partial charge in [-0.2, -0.15) is 0 Å². The van der Waals surface area contributed by atoms with E-state index in [1.165, 1.54) is 0 Å². The maximum atomic E-state index is 11.4. The highest BCUT2D eigenvalue weighted by Crippen LogP contribution is 2.36. The maximum absolute atomic E-state index is 11.4. The van der Waals surface area contributed by atoms with Crippen molar-refractivity contribution in [3.63, 3.8) is 0 Å². The lowest BCUT2D eigenvalue weighted by atomic mass is 9.85. The lowest BCUT2D eigenvalue weighted by Gasteiger charge is -2.30. The summed E-state index contributed by atoms with van der Waals surface area (Å²) in [5, 5.41) is 9.63. The zero-order chi connectivity index (χ0) is 22.1. The van der Waals surface area contributed by atoms with E-state index in [0.29, 0.717) is 17.8 Å². The lowest BCUT2D eigenvalue weighted by molar-refractivity contribution is 0.171. The van der Waals surface area contributed by atoms with Gasteiger partial charge in [-0.1, -0.05) is 42.8 Å². The van der Waals surface area contributed by atoms with E-state index < -0.39 is 6.09 Å². The van der Waals surface area contributed by atoms with Crippen molar-refractivity contribution in [3.8, 4) is 5.75 Å². The number of ether oxygens (including phenoxy) is 1. The Labute approximate surface area is 180 Å². The fourth-order valence-electron chi connectivity index (χ4n) is 4.11. The van der Waals surface area contributed by atoms with Gasteiger partial charge in [0.05, 0.1) is 6.61 Å². The molecule has 3 N–H and O–H groups in total. The average Bonchev–Trinajstić information content (AvgIpc) is 2.71. The van der Waals surface area contributed by atoms with Crippen LogP contribution in [0, 0.1) is 0 Å². The van der Waals surface area contributed by atoms with E-state index in [1.54, 1.807) is 12.1 Å². The van der Waals surface area contributed by atoms with E-state index >= 15 is 0 Å². The molecule has 0 saturated carbocycles. The van der Waals surface area contributed by atoms with Crippen LogP contribution in [0.5, 0.6) is 5.75 Å². The Morgan fingerprint density at radius 3 is 2.27 bits per heavy atom. The molecule has 0 spiro atoms. The zero-order valence-electron chi connectivity index (χ0n) is 18.7. The molecule has 5 nitrogen and oxygen atoms in total. The van der Waals surface area contributed by atoms with Gasteiger partial charge in [0.15, 0.2) is 0 Å². The maximum Gasteiger partial charge on any atom is 0.409 e. The number of primary amides is 1. The summed E-state index contributed by atoms with van der Waals surface area (Å²) in [5.41, 5.74) is 8.13. The van der Waals surface area contributed by atoms with E-state index in [9.17, 15) is 9.90 Å². The molecule has 1 unspecified atom stereocenters. The first-order valence-corrected chi connectivity index (χ1v) is 10.8. The van der Waals surface area contributed by atoms with Crippen LogP contribution in [0.3, 0.4) is 0 Å². The molecular formula is C25H36N2O3. The van der Waals surface area contributed by atoms with Gasteiger partial charge in [0.25, 0.3) is 0 Å². The van der Waals surface area contributed by atoms with Gasteiger partial charge in [-0.15, -0.1) is 0 Å². The number of amides is 1. The molecule has 2 aromatic carbocycles. The molecule has 2 aromatic rings. The van der Waals surface area contributed by atoms with Crippen LogP contribution in [0.25, 0.3) is 0 Å². The standard InChI is InChI=1S/C25H36N2O3/c1-18(2)27(19(3)4)15-9-8-12-22(21-10-6-5-7-11-21)23-16-20(17-28)13-14-24(23)30-25(26)29/h5-7,10-11,13-14,16,18-19,22,28H,8-9,12,15,17H2,1-4H3,(H2,26,29). The fourth-order valence-corrected chi connectivity index (χ4v) is 4.11. The predicted molar refractivity (Wildman–Crippen MR) is 122 cm³/mol. The molecule has 30 heavy (non-hydrogen) atoms. The van der Waals surface area contributed by atoms with Gasteiger partial charge in [0, 0.05) is 23.6 Å². The number of hydrogen-bond acceptors (Lipinski definition) is 4. The number of rotatable bonds is 11. The highest BCUT2D eigenvalue weighted by molar-refractivity contribution is 5.69. The van der Waals surface area contributed by atoms with Crippen molar-refractivity contribution in [1.82, 2.24) is 4.90 Å². The number of unbranched alkanes of at least 4 members (excludes halogenated alkanes) is 1. The summed E-state index contributed by atoms with van der Waals surface area (Å²) >= 11 is 0. The smallest absolute Gasteiger partial charge is 0.409 e. The van der Waals surface area contributed by atoms with Crippen molar-refractivity contribution >= 4 is 6.09 Å². The first-order valence-electron chi connectivity index (χ1n) is 10.8. The second-order valence-corrected chi connectivity index (χ2v) is 8.34. The Morgan fingerprint density at radius 1 is 1.03 bits per heavy atom. The predicted octanol–water partition coefficient (Wildman–Crippen LogP) is 5.06. The molecule has 1 atom stereocenters. The Bertz CT molecular complexity index is 782. The van der Waals surface area contributed by atoms with E-state index in [4.69, 9.17) is 10.5 Å². The molecule has 0 aliphatic carbocycles. The van der Waals surface area contributed by atoms with Crippen LogP contribution in [0.15, 0.2) is 48.5 Å². The summed E-state index contributed by atoms with van der Waals surface area (Å²) in [6, 6.07) is 16.7. The van der Waals surface area contributed by atoms with Gasteiger partial charge in [0.2, 0.25) is 0 Å². The molecular weight excluding hydrogens is 376 g/mol. The third kappa shape index (κ3) is 6.85. The average molecular weight is 413 g/mol. The number of nitrogens with zero attached hydrogens (tertiary/aromatic N) is 1. The van der Waals surface area contributed by atoms with Crippen molar-refractivity contribution in [2.75, 3.05) is 6.54 Å². The SMILES string of the molecule is CC(C)N(CCCCC(c1ccccc1)c1cc(CO)ccc1OC(N)=O)C(C)C. The number of benzene rings is 2. The van der Waals surface area contributed by atoms with E-state index in [-0.39, 0.29) is 12.5 Å². The van der Waals surface area contributed by atoms with Crippen molar-refractivity contribution < 1.29 is 14.6 Å². The van der Waals surface area contributed by atoms with Crippen molar-refractivity contribution in [3.05, 3.63) is 65.2 Å². The summed E-state index contributed by atoms with van der Waals surface area (Å²) < 4.78 is 5.30. The Hall–Kier alpha value is -2.37. The molecule has 1 amide bonds. The third-order valence-corrected chi connectivity index (χ3v) is 5.53. The number of carbonyl (C=O) groups is 1. The van der Waals surface area contributed by atoms with Crippen LogP contribution in [0.4, 0.5) is 4.79 Å². The highest BCUT2D eigenvalue weighted by Gasteiger charge is 2.21. The molecule has 2 rings (SSSR count). The van der Waals surface area contributed by atoms with Gasteiger partial charge in [-0.05, 0) is 70.3 Å². The minimum absolute atomic E-state index is 0.0543. The minimum Gasteiger partial charge on any atom is -0.410 e.